The van der Waals surface area contributed by atoms with Crippen LogP contribution < -0.4 is 10.6 Å². The Morgan fingerprint density at radius 3 is 2.53 bits per heavy atom. The number of benzene rings is 1. The van der Waals surface area contributed by atoms with Gasteiger partial charge in [0.15, 0.2) is 0 Å². The molecule has 1 unspecified atom stereocenters. The zero-order valence-electron chi connectivity index (χ0n) is 10.8. The van der Waals surface area contributed by atoms with Gasteiger partial charge in [-0.05, 0) is 12.0 Å². The van der Waals surface area contributed by atoms with Crippen LogP contribution in [0, 0.1) is 11.3 Å². The van der Waals surface area contributed by atoms with E-state index in [1.54, 1.807) is 24.3 Å². The van der Waals surface area contributed by atoms with Gasteiger partial charge < -0.3 is 10.6 Å². The molecule has 0 bridgehead atoms. The Labute approximate surface area is 112 Å². The average molecular weight is 259 g/mol. The molecule has 19 heavy (non-hydrogen) atoms. The molecule has 0 fully saturated rings. The van der Waals surface area contributed by atoms with E-state index in [0.717, 1.165) is 6.42 Å². The molecule has 0 aromatic heterocycles. The molecule has 1 aromatic carbocycles. The van der Waals surface area contributed by atoms with Gasteiger partial charge in [-0.2, -0.15) is 5.26 Å². The quantitative estimate of drug-likeness (QED) is 0.797. The van der Waals surface area contributed by atoms with Crippen LogP contribution in [0.4, 0.5) is 0 Å². The summed E-state index contributed by atoms with van der Waals surface area (Å²) in [6.07, 6.45) is 0.838. The van der Waals surface area contributed by atoms with Crippen LogP contribution in [-0.4, -0.2) is 24.9 Å². The lowest BCUT2D eigenvalue weighted by Gasteiger charge is -2.10. The fourth-order valence-corrected chi connectivity index (χ4v) is 1.53. The van der Waals surface area contributed by atoms with Crippen LogP contribution in [-0.2, 0) is 9.59 Å². The first kappa shape index (κ1) is 14.7. The number of amides is 2. The number of rotatable bonds is 6. The average Bonchev–Trinajstić information content (AvgIpc) is 2.45. The normalized spacial score (nSPS) is 11.2. The van der Waals surface area contributed by atoms with Crippen molar-refractivity contribution in [1.82, 2.24) is 10.6 Å². The Hall–Kier alpha value is -2.35. The zero-order valence-corrected chi connectivity index (χ0v) is 10.8. The Balaban J connectivity index is 2.52. The van der Waals surface area contributed by atoms with E-state index < -0.39 is 11.8 Å². The Morgan fingerprint density at radius 1 is 1.26 bits per heavy atom. The number of carbonyl (C=O) groups excluding carboxylic acids is 2. The summed E-state index contributed by atoms with van der Waals surface area (Å²) in [6.45, 7) is 2.42. The number of hydrogen-bond acceptors (Lipinski definition) is 3. The summed E-state index contributed by atoms with van der Waals surface area (Å²) in [6, 6.07) is 10.7. The van der Waals surface area contributed by atoms with Crippen molar-refractivity contribution in [3.63, 3.8) is 0 Å². The van der Waals surface area contributed by atoms with Gasteiger partial charge in [0, 0.05) is 6.54 Å². The fourth-order valence-electron chi connectivity index (χ4n) is 1.53. The van der Waals surface area contributed by atoms with Gasteiger partial charge in [0.2, 0.25) is 11.8 Å². The largest absolute Gasteiger partial charge is 0.355 e. The van der Waals surface area contributed by atoms with E-state index >= 15 is 0 Å². The van der Waals surface area contributed by atoms with Crippen LogP contribution in [0.3, 0.4) is 0 Å². The molecule has 2 amide bonds. The second-order valence-electron chi connectivity index (χ2n) is 4.04. The van der Waals surface area contributed by atoms with Crippen molar-refractivity contribution in [3.05, 3.63) is 35.9 Å². The topological polar surface area (TPSA) is 82.0 Å². The van der Waals surface area contributed by atoms with E-state index in [-0.39, 0.29) is 12.5 Å². The SMILES string of the molecule is CCCNC(=O)CNC(=O)C(C#N)c1ccccc1. The van der Waals surface area contributed by atoms with E-state index in [0.29, 0.717) is 12.1 Å². The Kier molecular flexibility index (Phi) is 6.10. The third-order valence-corrected chi connectivity index (χ3v) is 2.52. The summed E-state index contributed by atoms with van der Waals surface area (Å²) in [7, 11) is 0. The van der Waals surface area contributed by atoms with Gasteiger partial charge in [-0.25, -0.2) is 0 Å². The van der Waals surface area contributed by atoms with Crippen LogP contribution in [0.5, 0.6) is 0 Å². The monoisotopic (exact) mass is 259 g/mol. The molecule has 0 saturated heterocycles. The van der Waals surface area contributed by atoms with Crippen molar-refractivity contribution in [3.8, 4) is 6.07 Å². The maximum atomic E-state index is 11.8. The van der Waals surface area contributed by atoms with Gasteiger partial charge in [0.1, 0.15) is 5.92 Å². The minimum absolute atomic E-state index is 0.107. The summed E-state index contributed by atoms with van der Waals surface area (Å²) < 4.78 is 0. The summed E-state index contributed by atoms with van der Waals surface area (Å²) in [5.74, 6) is -1.60. The van der Waals surface area contributed by atoms with Crippen molar-refractivity contribution in [2.24, 2.45) is 0 Å². The van der Waals surface area contributed by atoms with E-state index in [9.17, 15) is 9.59 Å². The molecule has 0 heterocycles. The van der Waals surface area contributed by atoms with Gasteiger partial charge in [-0.3, -0.25) is 9.59 Å². The first-order valence-corrected chi connectivity index (χ1v) is 6.18. The highest BCUT2D eigenvalue weighted by molar-refractivity contribution is 5.90. The standard InChI is InChI=1S/C14H17N3O2/c1-2-8-16-13(18)10-17-14(19)12(9-15)11-6-4-3-5-7-11/h3-7,12H,2,8,10H2,1H3,(H,16,18)(H,17,19). The van der Waals surface area contributed by atoms with E-state index in [4.69, 9.17) is 5.26 Å². The first-order chi connectivity index (χ1) is 9.19. The minimum Gasteiger partial charge on any atom is -0.355 e. The Bertz CT molecular complexity index is 465. The highest BCUT2D eigenvalue weighted by Crippen LogP contribution is 2.14. The van der Waals surface area contributed by atoms with Gasteiger partial charge >= 0.3 is 0 Å². The van der Waals surface area contributed by atoms with Crippen LogP contribution in [0.15, 0.2) is 30.3 Å². The van der Waals surface area contributed by atoms with Gasteiger partial charge in [0.25, 0.3) is 0 Å². The number of carbonyl (C=O) groups is 2. The molecular weight excluding hydrogens is 242 g/mol. The van der Waals surface area contributed by atoms with E-state index in [1.165, 1.54) is 0 Å². The van der Waals surface area contributed by atoms with Crippen molar-refractivity contribution in [2.45, 2.75) is 19.3 Å². The molecule has 2 N–H and O–H groups in total. The van der Waals surface area contributed by atoms with Crippen molar-refractivity contribution < 1.29 is 9.59 Å². The van der Waals surface area contributed by atoms with Crippen LogP contribution in [0.25, 0.3) is 0 Å². The second kappa shape index (κ2) is 7.88. The zero-order chi connectivity index (χ0) is 14.1. The molecule has 0 saturated carbocycles. The van der Waals surface area contributed by atoms with E-state index in [2.05, 4.69) is 10.6 Å². The van der Waals surface area contributed by atoms with Crippen molar-refractivity contribution in [1.29, 1.82) is 5.26 Å². The molecule has 0 radical (unpaired) electrons. The number of nitrogens with one attached hydrogen (secondary N) is 2. The molecule has 5 heteroatoms. The summed E-state index contributed by atoms with van der Waals surface area (Å²) in [5, 5.41) is 14.2. The maximum absolute atomic E-state index is 11.8. The van der Waals surface area contributed by atoms with Gasteiger partial charge in [-0.1, -0.05) is 37.3 Å². The maximum Gasteiger partial charge on any atom is 0.242 e. The van der Waals surface area contributed by atoms with Crippen LogP contribution >= 0.6 is 0 Å². The Morgan fingerprint density at radius 2 is 1.95 bits per heavy atom. The predicted molar refractivity (Wildman–Crippen MR) is 71.1 cm³/mol. The first-order valence-electron chi connectivity index (χ1n) is 6.18. The smallest absolute Gasteiger partial charge is 0.242 e. The van der Waals surface area contributed by atoms with Gasteiger partial charge in [0.05, 0.1) is 12.6 Å². The lowest BCUT2D eigenvalue weighted by atomic mass is 10.00. The van der Waals surface area contributed by atoms with Crippen LogP contribution in [0.1, 0.15) is 24.8 Å². The molecule has 5 nitrogen and oxygen atoms in total. The molecule has 1 rings (SSSR count). The molecule has 100 valence electrons. The third-order valence-electron chi connectivity index (χ3n) is 2.52. The highest BCUT2D eigenvalue weighted by Gasteiger charge is 2.19. The molecule has 1 atom stereocenters. The number of nitrogens with zero attached hydrogens (tertiary/aromatic N) is 1. The molecule has 0 spiro atoms. The van der Waals surface area contributed by atoms with Crippen molar-refractivity contribution in [2.75, 3.05) is 13.1 Å². The van der Waals surface area contributed by atoms with Crippen LogP contribution in [0.2, 0.25) is 0 Å². The molecule has 0 aliphatic carbocycles. The van der Waals surface area contributed by atoms with E-state index in [1.807, 2.05) is 19.1 Å². The fraction of sp³-hybridized carbons (Fsp3) is 0.357. The van der Waals surface area contributed by atoms with Crippen molar-refractivity contribution >= 4 is 11.8 Å². The molecule has 1 aromatic rings. The highest BCUT2D eigenvalue weighted by atomic mass is 16.2. The number of hydrogen-bond donors (Lipinski definition) is 2. The summed E-state index contributed by atoms with van der Waals surface area (Å²) in [5.41, 5.74) is 0.622. The summed E-state index contributed by atoms with van der Waals surface area (Å²) in [4.78, 5) is 23.2. The second-order valence-corrected chi connectivity index (χ2v) is 4.04. The minimum atomic E-state index is -0.889. The molecule has 0 aliphatic rings. The lowest BCUT2D eigenvalue weighted by molar-refractivity contribution is -0.126. The van der Waals surface area contributed by atoms with Gasteiger partial charge in [-0.15, -0.1) is 0 Å². The third kappa shape index (κ3) is 4.80. The molecule has 0 aliphatic heterocycles. The summed E-state index contributed by atoms with van der Waals surface area (Å²) >= 11 is 0. The lowest BCUT2D eigenvalue weighted by Crippen LogP contribution is -2.39. The number of nitriles is 1. The molecular formula is C14H17N3O2. The predicted octanol–water partition coefficient (Wildman–Crippen LogP) is 0.936.